The first-order valence-electron chi connectivity index (χ1n) is 9.74. The first kappa shape index (κ1) is 20.6. The zero-order chi connectivity index (χ0) is 19.3. The van der Waals surface area contributed by atoms with Gasteiger partial charge in [-0.25, -0.2) is 13.1 Å². The van der Waals surface area contributed by atoms with Gasteiger partial charge in [0.15, 0.2) is 0 Å². The second-order valence-corrected chi connectivity index (χ2v) is 10.1. The molecule has 8 heteroatoms. The minimum absolute atomic E-state index is 0.0533. The lowest BCUT2D eigenvalue weighted by atomic mass is 10.2. The number of amides is 1. The van der Waals surface area contributed by atoms with Crippen molar-refractivity contribution in [1.29, 1.82) is 0 Å². The molecule has 0 aliphatic carbocycles. The van der Waals surface area contributed by atoms with Crippen LogP contribution in [0, 0.1) is 0 Å². The summed E-state index contributed by atoms with van der Waals surface area (Å²) in [6, 6.07) is 5.11. The summed E-state index contributed by atoms with van der Waals surface area (Å²) in [6.07, 6.45) is 5.81. The van der Waals surface area contributed by atoms with Gasteiger partial charge in [-0.1, -0.05) is 12.8 Å². The van der Waals surface area contributed by atoms with Crippen LogP contribution in [-0.4, -0.2) is 57.7 Å². The van der Waals surface area contributed by atoms with E-state index < -0.39 is 10.0 Å². The molecule has 0 saturated carbocycles. The summed E-state index contributed by atoms with van der Waals surface area (Å²) < 4.78 is 28.2. The molecule has 0 bridgehead atoms. The highest BCUT2D eigenvalue weighted by molar-refractivity contribution is 7.99. The number of benzene rings is 1. The zero-order valence-corrected chi connectivity index (χ0v) is 17.6. The third kappa shape index (κ3) is 5.47. The maximum absolute atomic E-state index is 12.8. The van der Waals surface area contributed by atoms with Crippen LogP contribution in [0.3, 0.4) is 0 Å². The number of rotatable bonds is 5. The maximum Gasteiger partial charge on any atom is 0.240 e. The smallest absolute Gasteiger partial charge is 0.240 e. The molecule has 1 amide bonds. The van der Waals surface area contributed by atoms with E-state index in [0.717, 1.165) is 36.7 Å². The van der Waals surface area contributed by atoms with Crippen molar-refractivity contribution in [2.24, 2.45) is 0 Å². The van der Waals surface area contributed by atoms with Gasteiger partial charge in [0.25, 0.3) is 0 Å². The number of carbonyl (C=O) groups excluding carboxylic acids is 1. The van der Waals surface area contributed by atoms with Gasteiger partial charge in [0.2, 0.25) is 15.9 Å². The number of hydrogen-bond donors (Lipinski definition) is 1. The van der Waals surface area contributed by atoms with Gasteiger partial charge in [-0.15, -0.1) is 11.8 Å². The highest BCUT2D eigenvalue weighted by Crippen LogP contribution is 2.35. The Bertz CT molecular complexity index is 759. The highest BCUT2D eigenvalue weighted by atomic mass is 32.2. The van der Waals surface area contributed by atoms with Gasteiger partial charge in [0, 0.05) is 31.5 Å². The van der Waals surface area contributed by atoms with E-state index in [-0.39, 0.29) is 10.8 Å². The van der Waals surface area contributed by atoms with E-state index in [1.807, 2.05) is 6.07 Å². The number of sulfonamides is 1. The minimum Gasteiger partial charge on any atom is -0.311 e. The van der Waals surface area contributed by atoms with Crippen LogP contribution in [-0.2, 0) is 14.8 Å². The highest BCUT2D eigenvalue weighted by Gasteiger charge is 2.23. The van der Waals surface area contributed by atoms with Crippen molar-refractivity contribution >= 4 is 33.4 Å². The number of anilines is 1. The number of carbonyl (C=O) groups is 1. The van der Waals surface area contributed by atoms with Crippen molar-refractivity contribution < 1.29 is 13.2 Å². The third-order valence-electron chi connectivity index (χ3n) is 5.11. The average Bonchev–Trinajstić information content (AvgIpc) is 3.01. The fourth-order valence-corrected chi connectivity index (χ4v) is 5.65. The molecule has 1 N–H and O–H groups in total. The largest absolute Gasteiger partial charge is 0.311 e. The van der Waals surface area contributed by atoms with Crippen LogP contribution in [0.4, 0.5) is 5.69 Å². The van der Waals surface area contributed by atoms with Gasteiger partial charge >= 0.3 is 0 Å². The fourth-order valence-electron chi connectivity index (χ4n) is 3.63. The second kappa shape index (κ2) is 9.41. The van der Waals surface area contributed by atoms with E-state index >= 15 is 0 Å². The number of thioether (sulfide) groups is 1. The Morgan fingerprint density at radius 2 is 1.85 bits per heavy atom. The van der Waals surface area contributed by atoms with E-state index in [1.165, 1.54) is 32.6 Å². The van der Waals surface area contributed by atoms with Crippen LogP contribution in [0.15, 0.2) is 28.0 Å². The Kier molecular flexibility index (Phi) is 7.19. The molecule has 0 spiro atoms. The normalized spacial score (nSPS) is 19.2. The summed E-state index contributed by atoms with van der Waals surface area (Å²) in [4.78, 5) is 17.2. The average molecular weight is 412 g/mol. The molecular weight excluding hydrogens is 382 g/mol. The van der Waals surface area contributed by atoms with Crippen LogP contribution in [0.5, 0.6) is 0 Å². The summed E-state index contributed by atoms with van der Waals surface area (Å²) >= 11 is 1.67. The molecule has 2 aliphatic heterocycles. The predicted molar refractivity (Wildman–Crippen MR) is 110 cm³/mol. The van der Waals surface area contributed by atoms with E-state index in [0.29, 0.717) is 18.8 Å². The number of likely N-dealkylation sites (tertiary alicyclic amines) is 1. The van der Waals surface area contributed by atoms with Crippen LogP contribution < -0.4 is 9.62 Å². The number of nitrogens with zero attached hydrogens (tertiary/aromatic N) is 2. The topological polar surface area (TPSA) is 69.7 Å². The van der Waals surface area contributed by atoms with Crippen molar-refractivity contribution in [3.05, 3.63) is 18.2 Å². The van der Waals surface area contributed by atoms with Crippen molar-refractivity contribution in [1.82, 2.24) is 9.62 Å². The van der Waals surface area contributed by atoms with Crippen LogP contribution in [0.1, 0.15) is 39.0 Å². The van der Waals surface area contributed by atoms with E-state index in [9.17, 15) is 13.2 Å². The molecule has 0 unspecified atom stereocenters. The minimum atomic E-state index is -3.59. The number of nitrogens with one attached hydrogen (secondary N) is 1. The number of fused-ring (bicyclic) bond motifs is 1. The molecular formula is C19H29N3O3S2. The summed E-state index contributed by atoms with van der Waals surface area (Å²) in [5.41, 5.74) is 0.709. The SMILES string of the molecule is CC(=O)N1CCCSc2ccc(S(=O)(=O)NCCN3CCCCCC3)cc21. The number of hydrogen-bond acceptors (Lipinski definition) is 5. The Hall–Kier alpha value is -1.09. The molecule has 3 rings (SSSR count). The fraction of sp³-hybridized carbons (Fsp3) is 0.632. The van der Waals surface area contributed by atoms with Crippen molar-refractivity contribution in [3.8, 4) is 0 Å². The third-order valence-corrected chi connectivity index (χ3v) is 7.72. The standard InChI is InChI=1S/C19H29N3O3S2/c1-16(23)22-12-6-14-26-19-8-7-17(15-18(19)22)27(24,25)20-9-13-21-10-4-2-3-5-11-21/h7-8,15,20H,2-6,9-14H2,1H3. The first-order chi connectivity index (χ1) is 13.0. The molecule has 2 heterocycles. The zero-order valence-electron chi connectivity index (χ0n) is 15.9. The lowest BCUT2D eigenvalue weighted by molar-refractivity contribution is -0.116. The van der Waals surface area contributed by atoms with E-state index in [2.05, 4.69) is 9.62 Å². The van der Waals surface area contributed by atoms with Gasteiger partial charge in [-0.3, -0.25) is 4.79 Å². The summed E-state index contributed by atoms with van der Waals surface area (Å²) in [5, 5.41) is 0. The molecule has 2 aliphatic rings. The Labute approximate surface area is 166 Å². The molecule has 1 saturated heterocycles. The van der Waals surface area contributed by atoms with Gasteiger partial charge in [-0.05, 0) is 56.3 Å². The molecule has 27 heavy (non-hydrogen) atoms. The molecule has 150 valence electrons. The molecule has 0 aromatic heterocycles. The molecule has 0 radical (unpaired) electrons. The molecule has 1 aromatic rings. The predicted octanol–water partition coefficient (Wildman–Crippen LogP) is 2.69. The Morgan fingerprint density at radius 1 is 1.11 bits per heavy atom. The summed E-state index contributed by atoms with van der Waals surface area (Å²) in [5.74, 6) is 0.874. The van der Waals surface area contributed by atoms with Crippen LogP contribution in [0.2, 0.25) is 0 Å². The summed E-state index contributed by atoms with van der Waals surface area (Å²) in [7, 11) is -3.59. The quantitative estimate of drug-likeness (QED) is 0.807. The van der Waals surface area contributed by atoms with Crippen molar-refractivity contribution in [2.75, 3.05) is 43.4 Å². The van der Waals surface area contributed by atoms with Crippen molar-refractivity contribution in [3.63, 3.8) is 0 Å². The Balaban J connectivity index is 1.70. The van der Waals surface area contributed by atoms with Gasteiger partial charge in [-0.2, -0.15) is 0 Å². The lowest BCUT2D eigenvalue weighted by Gasteiger charge is -2.22. The molecule has 1 fully saturated rings. The van der Waals surface area contributed by atoms with Gasteiger partial charge < -0.3 is 9.80 Å². The maximum atomic E-state index is 12.8. The van der Waals surface area contributed by atoms with E-state index in [1.54, 1.807) is 28.8 Å². The first-order valence-corrected chi connectivity index (χ1v) is 12.2. The lowest BCUT2D eigenvalue weighted by Crippen LogP contribution is -2.35. The van der Waals surface area contributed by atoms with Crippen LogP contribution in [0.25, 0.3) is 0 Å². The monoisotopic (exact) mass is 411 g/mol. The summed E-state index contributed by atoms with van der Waals surface area (Å²) in [6.45, 7) is 5.39. The Morgan fingerprint density at radius 3 is 2.56 bits per heavy atom. The van der Waals surface area contributed by atoms with Gasteiger partial charge in [0.05, 0.1) is 10.6 Å². The second-order valence-electron chi connectivity index (χ2n) is 7.16. The van der Waals surface area contributed by atoms with Gasteiger partial charge in [0.1, 0.15) is 0 Å². The van der Waals surface area contributed by atoms with E-state index in [4.69, 9.17) is 0 Å². The van der Waals surface area contributed by atoms with Crippen LogP contribution >= 0.6 is 11.8 Å². The molecule has 1 aromatic carbocycles. The van der Waals surface area contributed by atoms with Crippen molar-refractivity contribution in [2.45, 2.75) is 48.8 Å². The molecule has 0 atom stereocenters. The molecule has 6 nitrogen and oxygen atoms in total.